The lowest BCUT2D eigenvalue weighted by atomic mass is 9.92. The third kappa shape index (κ3) is 7.30. The van der Waals surface area contributed by atoms with Crippen molar-refractivity contribution in [3.05, 3.63) is 106 Å². The first kappa shape index (κ1) is 26.2. The molecule has 186 valence electrons. The molecule has 0 amide bonds. The molecule has 0 spiro atoms. The zero-order valence-electron chi connectivity index (χ0n) is 20.9. The number of aldehydes is 1. The van der Waals surface area contributed by atoms with E-state index in [2.05, 4.69) is 27.2 Å². The van der Waals surface area contributed by atoms with E-state index in [-0.39, 0.29) is 17.6 Å². The fourth-order valence-electron chi connectivity index (χ4n) is 4.20. The lowest BCUT2D eigenvalue weighted by Gasteiger charge is -2.46. The molecule has 0 saturated heterocycles. The first-order valence-electron chi connectivity index (χ1n) is 12.1. The van der Waals surface area contributed by atoms with Crippen LogP contribution < -0.4 is 5.32 Å². The second-order valence-electron chi connectivity index (χ2n) is 8.94. The van der Waals surface area contributed by atoms with Gasteiger partial charge in [0.15, 0.2) is 0 Å². The van der Waals surface area contributed by atoms with Gasteiger partial charge in [0.1, 0.15) is 23.7 Å². The van der Waals surface area contributed by atoms with E-state index in [9.17, 15) is 14.3 Å². The van der Waals surface area contributed by atoms with E-state index in [1.165, 1.54) is 17.7 Å². The van der Waals surface area contributed by atoms with Crippen LogP contribution in [0.2, 0.25) is 0 Å². The third-order valence-corrected chi connectivity index (χ3v) is 6.38. The molecule has 1 atom stereocenters. The summed E-state index contributed by atoms with van der Waals surface area (Å²) in [5.74, 6) is 0.939. The normalized spacial score (nSPS) is 16.5. The Kier molecular flexibility index (Phi) is 9.67. The molecule has 1 aliphatic rings. The van der Waals surface area contributed by atoms with Gasteiger partial charge in [-0.05, 0) is 62.2 Å². The molecular weight excluding hydrogens is 441 g/mol. The molecule has 0 aliphatic carbocycles. The average molecular weight is 478 g/mol. The Labute approximate surface area is 208 Å². The highest BCUT2D eigenvalue weighted by Gasteiger charge is 2.36. The summed E-state index contributed by atoms with van der Waals surface area (Å²) in [4.78, 5) is 15.9. The molecule has 0 bridgehead atoms. The number of carbonyl (C=O) groups excluding carboxylic acids is 1. The highest BCUT2D eigenvalue weighted by Crippen LogP contribution is 2.33. The molecule has 0 unspecified atom stereocenters. The molecule has 0 fully saturated rings. The molecule has 1 heterocycles. The molecule has 2 aromatic carbocycles. The number of allylic oxidation sites excluding steroid dienone is 2. The molecule has 0 radical (unpaired) electrons. The number of rotatable bonds is 13. The Hall–Kier alpha value is -3.38. The predicted octanol–water partition coefficient (Wildman–Crippen LogP) is 4.98. The molecule has 0 aromatic heterocycles. The number of hydrogen-bond acceptors (Lipinski definition) is 5. The van der Waals surface area contributed by atoms with E-state index < -0.39 is 0 Å². The van der Waals surface area contributed by atoms with Crippen molar-refractivity contribution in [3.8, 4) is 0 Å². The molecule has 3 rings (SSSR count). The SMILES string of the molecule is C/C=C(C)\C(O)=C/C1=C(NCCc2ccccc2)N(CCN(C)Cc2ccc(F)cc2)[C@@H]1CC=O. The Bertz CT molecular complexity index is 1060. The van der Waals surface area contributed by atoms with E-state index in [1.807, 2.05) is 45.2 Å². The van der Waals surface area contributed by atoms with Crippen molar-refractivity contribution in [1.82, 2.24) is 15.1 Å². The number of aliphatic hydroxyl groups is 1. The van der Waals surface area contributed by atoms with Crippen LogP contribution in [0.4, 0.5) is 4.39 Å². The molecule has 35 heavy (non-hydrogen) atoms. The summed E-state index contributed by atoms with van der Waals surface area (Å²) in [6.45, 7) is 6.71. The molecule has 6 heteroatoms. The van der Waals surface area contributed by atoms with Crippen LogP contribution in [-0.4, -0.2) is 53.9 Å². The van der Waals surface area contributed by atoms with Gasteiger partial charge in [0.05, 0.1) is 6.04 Å². The maximum Gasteiger partial charge on any atom is 0.123 e. The number of hydrogen-bond donors (Lipinski definition) is 2. The van der Waals surface area contributed by atoms with Gasteiger partial charge in [-0.15, -0.1) is 0 Å². The maximum atomic E-state index is 13.2. The second-order valence-corrected chi connectivity index (χ2v) is 8.94. The maximum absolute atomic E-state index is 13.2. The Balaban J connectivity index is 1.73. The number of carbonyl (C=O) groups is 1. The minimum atomic E-state index is -0.234. The summed E-state index contributed by atoms with van der Waals surface area (Å²) >= 11 is 0. The zero-order chi connectivity index (χ0) is 25.2. The van der Waals surface area contributed by atoms with Crippen LogP contribution in [0.3, 0.4) is 0 Å². The van der Waals surface area contributed by atoms with Gasteiger partial charge < -0.3 is 25.0 Å². The summed E-state index contributed by atoms with van der Waals surface area (Å²) < 4.78 is 13.2. The van der Waals surface area contributed by atoms with Crippen molar-refractivity contribution in [3.63, 3.8) is 0 Å². The van der Waals surface area contributed by atoms with Gasteiger partial charge in [0, 0.05) is 38.2 Å². The first-order valence-corrected chi connectivity index (χ1v) is 12.1. The number of nitrogens with one attached hydrogen (secondary N) is 1. The minimum absolute atomic E-state index is 0.0854. The highest BCUT2D eigenvalue weighted by molar-refractivity contribution is 5.56. The Morgan fingerprint density at radius 1 is 1.14 bits per heavy atom. The summed E-state index contributed by atoms with van der Waals surface area (Å²) in [7, 11) is 2.03. The fourth-order valence-corrected chi connectivity index (χ4v) is 4.20. The summed E-state index contributed by atoms with van der Waals surface area (Å²) in [6, 6.07) is 16.8. The molecule has 1 aliphatic heterocycles. The quantitative estimate of drug-likeness (QED) is 0.242. The van der Waals surface area contributed by atoms with Crippen molar-refractivity contribution >= 4 is 6.29 Å². The second kappa shape index (κ2) is 12.9. The van der Waals surface area contributed by atoms with Crippen LogP contribution in [0.25, 0.3) is 0 Å². The van der Waals surface area contributed by atoms with Gasteiger partial charge in [0.25, 0.3) is 0 Å². The van der Waals surface area contributed by atoms with Crippen LogP contribution in [0.15, 0.2) is 89.5 Å². The first-order chi connectivity index (χ1) is 16.9. The summed E-state index contributed by atoms with van der Waals surface area (Å²) in [5, 5.41) is 14.1. The van der Waals surface area contributed by atoms with E-state index in [4.69, 9.17) is 0 Å². The topological polar surface area (TPSA) is 55.8 Å². The van der Waals surface area contributed by atoms with Crippen LogP contribution in [0.1, 0.15) is 31.4 Å². The Morgan fingerprint density at radius 2 is 1.86 bits per heavy atom. The van der Waals surface area contributed by atoms with E-state index in [0.717, 1.165) is 54.9 Å². The van der Waals surface area contributed by atoms with Crippen LogP contribution in [-0.2, 0) is 17.8 Å². The number of benzene rings is 2. The molecule has 2 aromatic rings. The molecular formula is C29H36FN3O2. The lowest BCUT2D eigenvalue weighted by Crippen LogP contribution is -2.53. The Morgan fingerprint density at radius 3 is 2.51 bits per heavy atom. The zero-order valence-corrected chi connectivity index (χ0v) is 20.9. The van der Waals surface area contributed by atoms with E-state index >= 15 is 0 Å². The van der Waals surface area contributed by atoms with Gasteiger partial charge in [-0.1, -0.05) is 48.5 Å². The van der Waals surface area contributed by atoms with Crippen molar-refractivity contribution in [2.75, 3.05) is 26.7 Å². The molecule has 0 saturated carbocycles. The summed E-state index contributed by atoms with van der Waals surface area (Å²) in [6.07, 6.45) is 5.82. The molecule has 2 N–H and O–H groups in total. The highest BCUT2D eigenvalue weighted by atomic mass is 19.1. The van der Waals surface area contributed by atoms with Gasteiger partial charge in [-0.25, -0.2) is 4.39 Å². The lowest BCUT2D eigenvalue weighted by molar-refractivity contribution is -0.108. The van der Waals surface area contributed by atoms with Gasteiger partial charge >= 0.3 is 0 Å². The monoisotopic (exact) mass is 477 g/mol. The third-order valence-electron chi connectivity index (χ3n) is 6.38. The number of halogens is 1. The van der Waals surface area contributed by atoms with E-state index in [1.54, 1.807) is 18.2 Å². The number of nitrogens with zero attached hydrogens (tertiary/aromatic N) is 2. The smallest absolute Gasteiger partial charge is 0.123 e. The predicted molar refractivity (Wildman–Crippen MR) is 139 cm³/mol. The fraction of sp³-hybridized carbons (Fsp3) is 0.345. The van der Waals surface area contributed by atoms with Crippen LogP contribution >= 0.6 is 0 Å². The van der Waals surface area contributed by atoms with Crippen molar-refractivity contribution in [2.24, 2.45) is 0 Å². The largest absolute Gasteiger partial charge is 0.508 e. The van der Waals surface area contributed by atoms with Crippen molar-refractivity contribution in [1.29, 1.82) is 0 Å². The van der Waals surface area contributed by atoms with Crippen LogP contribution in [0.5, 0.6) is 0 Å². The summed E-state index contributed by atoms with van der Waals surface area (Å²) in [5.41, 5.74) is 4.04. The number of aliphatic hydroxyl groups excluding tert-OH is 1. The van der Waals surface area contributed by atoms with Crippen LogP contribution in [0, 0.1) is 5.82 Å². The van der Waals surface area contributed by atoms with Gasteiger partial charge in [-0.2, -0.15) is 0 Å². The number of likely N-dealkylation sites (N-methyl/N-ethyl adjacent to an activating group) is 1. The standard InChI is InChI=1S/C29H36FN3O2/c1-4-22(2)28(35)20-26-27(15-19-34)33(29(26)31-16-14-23-8-6-5-7-9-23)18-17-32(3)21-24-10-12-25(30)13-11-24/h4-13,19-20,27,31,35H,14-18,21H2,1-3H3/b22-4-,28-20+/t27-/m1/s1. The van der Waals surface area contributed by atoms with Crippen molar-refractivity contribution < 1.29 is 14.3 Å². The average Bonchev–Trinajstić information content (AvgIpc) is 2.87. The molecule has 5 nitrogen and oxygen atoms in total. The minimum Gasteiger partial charge on any atom is -0.508 e. The van der Waals surface area contributed by atoms with E-state index in [0.29, 0.717) is 13.0 Å². The van der Waals surface area contributed by atoms with Gasteiger partial charge in [0.2, 0.25) is 0 Å². The van der Waals surface area contributed by atoms with Crippen molar-refractivity contribution in [2.45, 2.75) is 39.3 Å². The van der Waals surface area contributed by atoms with Gasteiger partial charge in [-0.3, -0.25) is 0 Å².